The predicted octanol–water partition coefficient (Wildman–Crippen LogP) is 1.31. The quantitative estimate of drug-likeness (QED) is 0.698. The minimum atomic E-state index is -0.510. The summed E-state index contributed by atoms with van der Waals surface area (Å²) in [5.41, 5.74) is 0.807. The van der Waals surface area contributed by atoms with Gasteiger partial charge in [0.25, 0.3) is 11.5 Å². The zero-order chi connectivity index (χ0) is 20.3. The molecule has 7 nitrogen and oxygen atoms in total. The van der Waals surface area contributed by atoms with Gasteiger partial charge < -0.3 is 5.32 Å². The number of hydrogen-bond acceptors (Lipinski definition) is 4. The molecule has 0 atom stereocenters. The van der Waals surface area contributed by atoms with Crippen LogP contribution in [0.1, 0.15) is 16.1 Å². The second kappa shape index (κ2) is 7.76. The van der Waals surface area contributed by atoms with Gasteiger partial charge in [-0.3, -0.25) is 19.3 Å². The van der Waals surface area contributed by atoms with E-state index in [4.69, 9.17) is 6.42 Å². The fourth-order valence-electron chi connectivity index (χ4n) is 2.85. The van der Waals surface area contributed by atoms with Crippen LogP contribution in [0.2, 0.25) is 0 Å². The maximum absolute atomic E-state index is 13.4. The van der Waals surface area contributed by atoms with Gasteiger partial charge >= 0.3 is 0 Å². The number of nitrogens with one attached hydrogen (secondary N) is 1. The van der Waals surface area contributed by atoms with Gasteiger partial charge in [0.05, 0.1) is 5.39 Å². The number of nitrogens with zero attached hydrogens (tertiary/aromatic N) is 3. The third kappa shape index (κ3) is 3.48. The van der Waals surface area contributed by atoms with Crippen LogP contribution in [0.4, 0.5) is 5.69 Å². The number of amides is 2. The smallest absolute Gasteiger partial charge is 0.279 e. The molecule has 2 aromatic carbocycles. The zero-order valence-electron chi connectivity index (χ0n) is 15.5. The lowest BCUT2D eigenvalue weighted by Crippen LogP contribution is -2.41. The topological polar surface area (TPSA) is 84.3 Å². The van der Waals surface area contributed by atoms with E-state index < -0.39 is 5.91 Å². The third-order valence-electron chi connectivity index (χ3n) is 4.31. The third-order valence-corrected chi connectivity index (χ3v) is 4.31. The van der Waals surface area contributed by atoms with Gasteiger partial charge in [0.2, 0.25) is 5.91 Å². The van der Waals surface area contributed by atoms with Gasteiger partial charge in [0, 0.05) is 30.7 Å². The SMILES string of the molecule is C#Cc1cccc(N(CC(=O)NC)C(=O)c2nn(C)c(=O)c3ccccc23)c1. The maximum atomic E-state index is 13.4. The van der Waals surface area contributed by atoms with Crippen LogP contribution < -0.4 is 15.8 Å². The number of rotatable bonds is 4. The molecule has 0 spiro atoms. The molecule has 3 aromatic rings. The fraction of sp³-hybridized carbons (Fsp3) is 0.143. The largest absolute Gasteiger partial charge is 0.358 e. The van der Waals surface area contributed by atoms with Gasteiger partial charge in [0.1, 0.15) is 6.54 Å². The molecule has 0 aliphatic heterocycles. The summed E-state index contributed by atoms with van der Waals surface area (Å²) in [6.07, 6.45) is 5.46. The van der Waals surface area contributed by atoms with Gasteiger partial charge in [-0.2, -0.15) is 5.10 Å². The Morgan fingerprint density at radius 3 is 2.57 bits per heavy atom. The van der Waals surface area contributed by atoms with Crippen molar-refractivity contribution < 1.29 is 9.59 Å². The van der Waals surface area contributed by atoms with Gasteiger partial charge in [-0.05, 0) is 24.3 Å². The summed E-state index contributed by atoms with van der Waals surface area (Å²) in [5, 5.41) is 7.47. The monoisotopic (exact) mass is 374 g/mol. The molecular formula is C21H18N4O3. The lowest BCUT2D eigenvalue weighted by Gasteiger charge is -2.22. The van der Waals surface area contributed by atoms with Crippen molar-refractivity contribution in [3.8, 4) is 12.3 Å². The minimum absolute atomic E-state index is 0.0766. The highest BCUT2D eigenvalue weighted by atomic mass is 16.2. The lowest BCUT2D eigenvalue weighted by molar-refractivity contribution is -0.119. The van der Waals surface area contributed by atoms with Crippen molar-refractivity contribution in [3.63, 3.8) is 0 Å². The van der Waals surface area contributed by atoms with Crippen molar-refractivity contribution in [2.24, 2.45) is 7.05 Å². The summed E-state index contributed by atoms with van der Waals surface area (Å²) in [7, 11) is 2.97. The molecule has 0 aliphatic carbocycles. The van der Waals surface area contributed by atoms with Crippen LogP contribution in [-0.4, -0.2) is 35.2 Å². The summed E-state index contributed by atoms with van der Waals surface area (Å²) >= 11 is 0. The van der Waals surface area contributed by atoms with E-state index in [9.17, 15) is 14.4 Å². The number of likely N-dealkylation sites (N-methyl/N-ethyl adjacent to an activating group) is 1. The first-order chi connectivity index (χ1) is 13.5. The minimum Gasteiger partial charge on any atom is -0.358 e. The number of hydrogen-bond donors (Lipinski definition) is 1. The van der Waals surface area contributed by atoms with Crippen molar-refractivity contribution in [2.75, 3.05) is 18.5 Å². The lowest BCUT2D eigenvalue weighted by atomic mass is 10.1. The summed E-state index contributed by atoms with van der Waals surface area (Å²) in [4.78, 5) is 39.1. The number of benzene rings is 2. The molecule has 0 fully saturated rings. The molecule has 1 aromatic heterocycles. The van der Waals surface area contributed by atoms with E-state index in [-0.39, 0.29) is 23.7 Å². The number of anilines is 1. The van der Waals surface area contributed by atoms with Crippen molar-refractivity contribution in [2.45, 2.75) is 0 Å². The first-order valence-electron chi connectivity index (χ1n) is 8.51. The van der Waals surface area contributed by atoms with Gasteiger partial charge in [-0.1, -0.05) is 30.2 Å². The number of fused-ring (bicyclic) bond motifs is 1. The second-order valence-corrected chi connectivity index (χ2v) is 6.08. The molecule has 1 N–H and O–H groups in total. The van der Waals surface area contributed by atoms with Crippen molar-refractivity contribution >= 4 is 28.3 Å². The molecule has 0 saturated heterocycles. The van der Waals surface area contributed by atoms with Crippen molar-refractivity contribution in [3.05, 3.63) is 70.1 Å². The van der Waals surface area contributed by atoms with Crippen LogP contribution in [0.5, 0.6) is 0 Å². The average molecular weight is 374 g/mol. The van der Waals surface area contributed by atoms with Crippen LogP contribution in [-0.2, 0) is 11.8 Å². The van der Waals surface area contributed by atoms with Crippen LogP contribution in [0.15, 0.2) is 53.3 Å². The number of aryl methyl sites for hydroxylation is 1. The Hall–Kier alpha value is -3.92. The van der Waals surface area contributed by atoms with Crippen LogP contribution >= 0.6 is 0 Å². The number of carbonyl (C=O) groups excluding carboxylic acids is 2. The molecule has 1 heterocycles. The Morgan fingerprint density at radius 1 is 1.18 bits per heavy atom. The Morgan fingerprint density at radius 2 is 1.89 bits per heavy atom. The van der Waals surface area contributed by atoms with E-state index >= 15 is 0 Å². The van der Waals surface area contributed by atoms with E-state index in [0.717, 1.165) is 4.68 Å². The van der Waals surface area contributed by atoms with Gasteiger partial charge in [0.15, 0.2) is 5.69 Å². The first-order valence-corrected chi connectivity index (χ1v) is 8.51. The van der Waals surface area contributed by atoms with Crippen LogP contribution in [0, 0.1) is 12.3 Å². The molecule has 0 radical (unpaired) electrons. The predicted molar refractivity (Wildman–Crippen MR) is 107 cm³/mol. The summed E-state index contributed by atoms with van der Waals surface area (Å²) < 4.78 is 1.12. The van der Waals surface area contributed by atoms with E-state index in [1.807, 2.05) is 0 Å². The average Bonchev–Trinajstić information content (AvgIpc) is 2.74. The fourth-order valence-corrected chi connectivity index (χ4v) is 2.85. The summed E-state index contributed by atoms with van der Waals surface area (Å²) in [6, 6.07) is 13.5. The molecular weight excluding hydrogens is 356 g/mol. The number of aromatic nitrogens is 2. The standard InChI is InChI=1S/C21H18N4O3/c1-4-14-8-7-9-15(12-14)25(13-18(26)22-2)21(28)19-16-10-5-6-11-17(16)20(27)24(3)23-19/h1,5-12H,13H2,2-3H3,(H,22,26). The molecule has 3 rings (SSSR count). The van der Waals surface area contributed by atoms with E-state index in [0.29, 0.717) is 22.0 Å². The zero-order valence-corrected chi connectivity index (χ0v) is 15.5. The summed E-state index contributed by atoms with van der Waals surface area (Å²) in [5.74, 6) is 1.65. The molecule has 7 heteroatoms. The van der Waals surface area contributed by atoms with Crippen LogP contribution in [0.25, 0.3) is 10.8 Å². The van der Waals surface area contributed by atoms with E-state index in [1.54, 1.807) is 48.5 Å². The highest BCUT2D eigenvalue weighted by Gasteiger charge is 2.25. The van der Waals surface area contributed by atoms with Crippen molar-refractivity contribution in [1.82, 2.24) is 15.1 Å². The molecule has 0 bridgehead atoms. The first kappa shape index (κ1) is 18.9. The normalized spacial score (nSPS) is 10.3. The maximum Gasteiger partial charge on any atom is 0.279 e. The molecule has 0 aliphatic rings. The Balaban J connectivity index is 2.18. The summed E-state index contributed by atoms with van der Waals surface area (Å²) in [6.45, 7) is -0.220. The Labute approximate surface area is 161 Å². The Bertz CT molecular complexity index is 1170. The molecule has 28 heavy (non-hydrogen) atoms. The number of carbonyl (C=O) groups is 2. The van der Waals surface area contributed by atoms with Gasteiger partial charge in [-0.15, -0.1) is 6.42 Å². The molecule has 2 amide bonds. The second-order valence-electron chi connectivity index (χ2n) is 6.08. The molecule has 0 saturated carbocycles. The molecule has 0 unspecified atom stereocenters. The van der Waals surface area contributed by atoms with Crippen LogP contribution in [0.3, 0.4) is 0 Å². The number of terminal acetylenes is 1. The highest BCUT2D eigenvalue weighted by molar-refractivity contribution is 6.14. The highest BCUT2D eigenvalue weighted by Crippen LogP contribution is 2.21. The van der Waals surface area contributed by atoms with E-state index in [1.165, 1.54) is 19.0 Å². The van der Waals surface area contributed by atoms with Gasteiger partial charge in [-0.25, -0.2) is 4.68 Å². The van der Waals surface area contributed by atoms with E-state index in [2.05, 4.69) is 16.3 Å². The van der Waals surface area contributed by atoms with Crippen molar-refractivity contribution in [1.29, 1.82) is 0 Å². The molecule has 140 valence electrons. The Kier molecular flexibility index (Phi) is 5.23.